The molecule has 1 aromatic carbocycles. The summed E-state index contributed by atoms with van der Waals surface area (Å²) in [5.41, 5.74) is 1.33. The molecule has 0 aliphatic carbocycles. The first-order chi connectivity index (χ1) is 9.08. The van der Waals surface area contributed by atoms with Gasteiger partial charge < -0.3 is 4.74 Å². The summed E-state index contributed by atoms with van der Waals surface area (Å²) in [6, 6.07) is 10.3. The van der Waals surface area contributed by atoms with E-state index in [2.05, 4.69) is 12.1 Å². The molecular formula is C14H21ClO3S. The van der Waals surface area contributed by atoms with Gasteiger partial charge in [-0.1, -0.05) is 36.8 Å². The average Bonchev–Trinajstić information content (AvgIpc) is 2.37. The van der Waals surface area contributed by atoms with Crippen LogP contribution in [0.3, 0.4) is 0 Å². The molecule has 1 rings (SSSR count). The fraction of sp³-hybridized carbons (Fsp3) is 0.571. The third-order valence-electron chi connectivity index (χ3n) is 2.77. The van der Waals surface area contributed by atoms with Crippen molar-refractivity contribution in [1.82, 2.24) is 0 Å². The zero-order valence-electron chi connectivity index (χ0n) is 11.1. The summed E-state index contributed by atoms with van der Waals surface area (Å²) in [6.07, 6.45) is 4.38. The molecule has 0 N–H and O–H groups in total. The van der Waals surface area contributed by atoms with Gasteiger partial charge in [0.1, 0.15) is 0 Å². The minimum atomic E-state index is -3.32. The van der Waals surface area contributed by atoms with Crippen LogP contribution < -0.4 is 0 Å². The number of benzene rings is 1. The van der Waals surface area contributed by atoms with Crippen LogP contribution in [0.15, 0.2) is 30.3 Å². The predicted molar refractivity (Wildman–Crippen MR) is 79.1 cm³/mol. The Kier molecular flexibility index (Phi) is 8.10. The van der Waals surface area contributed by atoms with E-state index in [1.165, 1.54) is 5.56 Å². The molecule has 0 unspecified atom stereocenters. The number of ether oxygens (including phenoxy) is 1. The van der Waals surface area contributed by atoms with Crippen molar-refractivity contribution in [3.05, 3.63) is 35.9 Å². The van der Waals surface area contributed by atoms with Crippen LogP contribution in [0.25, 0.3) is 0 Å². The van der Waals surface area contributed by atoms with E-state index in [9.17, 15) is 8.42 Å². The third kappa shape index (κ3) is 9.93. The van der Waals surface area contributed by atoms with Crippen LogP contribution in [-0.4, -0.2) is 27.4 Å². The third-order valence-corrected chi connectivity index (χ3v) is 4.01. The zero-order chi connectivity index (χ0) is 14.0. The van der Waals surface area contributed by atoms with Crippen molar-refractivity contribution in [2.75, 3.05) is 19.0 Å². The Morgan fingerprint density at radius 2 is 1.63 bits per heavy atom. The standard InChI is InChI=1S/C14H21ClO3S/c15-19(16,17)13-6-2-5-11-18-12-7-10-14-8-3-1-4-9-14/h1,3-4,8-9H,2,5-7,10-13H2. The highest BCUT2D eigenvalue weighted by Gasteiger charge is 2.03. The van der Waals surface area contributed by atoms with Gasteiger partial charge in [0.15, 0.2) is 0 Å². The van der Waals surface area contributed by atoms with Gasteiger partial charge in [-0.2, -0.15) is 0 Å². The summed E-state index contributed by atoms with van der Waals surface area (Å²) in [4.78, 5) is 0. The average molecular weight is 305 g/mol. The van der Waals surface area contributed by atoms with Crippen molar-refractivity contribution in [3.8, 4) is 0 Å². The molecule has 108 valence electrons. The van der Waals surface area contributed by atoms with Gasteiger partial charge in [-0.05, 0) is 31.2 Å². The molecule has 5 heteroatoms. The molecule has 3 nitrogen and oxygen atoms in total. The predicted octanol–water partition coefficient (Wildman–Crippen LogP) is 3.37. The molecule has 0 fully saturated rings. The summed E-state index contributed by atoms with van der Waals surface area (Å²) in [7, 11) is 1.79. The van der Waals surface area contributed by atoms with Crippen LogP contribution in [0.4, 0.5) is 0 Å². The molecule has 0 amide bonds. The van der Waals surface area contributed by atoms with Crippen molar-refractivity contribution in [2.45, 2.75) is 32.1 Å². The summed E-state index contributed by atoms with van der Waals surface area (Å²) < 4.78 is 26.9. The monoisotopic (exact) mass is 304 g/mol. The van der Waals surface area contributed by atoms with Crippen LogP contribution >= 0.6 is 10.7 Å². The summed E-state index contributed by atoms with van der Waals surface area (Å²) >= 11 is 0. The molecule has 0 radical (unpaired) electrons. The Morgan fingerprint density at radius 3 is 2.32 bits per heavy atom. The number of hydrogen-bond acceptors (Lipinski definition) is 3. The van der Waals surface area contributed by atoms with Crippen LogP contribution in [0.5, 0.6) is 0 Å². The number of halogens is 1. The Labute approximate surface area is 120 Å². The van der Waals surface area contributed by atoms with Crippen LogP contribution in [0.1, 0.15) is 31.2 Å². The molecule has 0 bridgehead atoms. The lowest BCUT2D eigenvalue weighted by Crippen LogP contribution is -2.01. The second kappa shape index (κ2) is 9.34. The molecule has 1 aromatic rings. The van der Waals surface area contributed by atoms with Gasteiger partial charge in [-0.25, -0.2) is 8.42 Å². The Bertz CT molecular complexity index is 431. The smallest absolute Gasteiger partial charge is 0.232 e. The Morgan fingerprint density at radius 1 is 0.947 bits per heavy atom. The number of unbranched alkanes of at least 4 members (excludes halogenated alkanes) is 2. The topological polar surface area (TPSA) is 43.4 Å². The first-order valence-corrected chi connectivity index (χ1v) is 9.10. The highest BCUT2D eigenvalue weighted by molar-refractivity contribution is 8.13. The summed E-state index contributed by atoms with van der Waals surface area (Å²) in [6.45, 7) is 1.44. The number of rotatable bonds is 10. The highest BCUT2D eigenvalue weighted by atomic mass is 35.7. The first kappa shape index (κ1) is 16.5. The van der Waals surface area contributed by atoms with E-state index in [1.807, 2.05) is 18.2 Å². The fourth-order valence-electron chi connectivity index (χ4n) is 1.78. The van der Waals surface area contributed by atoms with Gasteiger partial charge >= 0.3 is 0 Å². The maximum absolute atomic E-state index is 10.7. The van der Waals surface area contributed by atoms with E-state index in [-0.39, 0.29) is 5.75 Å². The SMILES string of the molecule is O=S(=O)(Cl)CCCCCOCCCc1ccccc1. The first-order valence-electron chi connectivity index (χ1n) is 6.62. The molecule has 0 aliphatic heterocycles. The lowest BCUT2D eigenvalue weighted by Gasteiger charge is -2.04. The molecule has 0 aliphatic rings. The second-order valence-electron chi connectivity index (χ2n) is 4.51. The van der Waals surface area contributed by atoms with E-state index in [0.717, 1.165) is 32.3 Å². The maximum atomic E-state index is 10.7. The van der Waals surface area contributed by atoms with Crippen LogP contribution in [-0.2, 0) is 20.2 Å². The Hall–Kier alpha value is -0.580. The largest absolute Gasteiger partial charge is 0.381 e. The van der Waals surface area contributed by atoms with E-state index in [0.29, 0.717) is 13.0 Å². The van der Waals surface area contributed by atoms with Gasteiger partial charge in [0.2, 0.25) is 9.05 Å². The molecule has 0 saturated carbocycles. The van der Waals surface area contributed by atoms with Crippen molar-refractivity contribution in [3.63, 3.8) is 0 Å². The van der Waals surface area contributed by atoms with Crippen molar-refractivity contribution in [1.29, 1.82) is 0 Å². The lowest BCUT2D eigenvalue weighted by atomic mass is 10.1. The van der Waals surface area contributed by atoms with E-state index >= 15 is 0 Å². The second-order valence-corrected chi connectivity index (χ2v) is 7.40. The summed E-state index contributed by atoms with van der Waals surface area (Å²) in [5.74, 6) is 0.0581. The maximum Gasteiger partial charge on any atom is 0.232 e. The van der Waals surface area contributed by atoms with Gasteiger partial charge in [-0.3, -0.25) is 0 Å². The van der Waals surface area contributed by atoms with E-state index < -0.39 is 9.05 Å². The van der Waals surface area contributed by atoms with E-state index in [1.54, 1.807) is 0 Å². The van der Waals surface area contributed by atoms with Crippen LogP contribution in [0.2, 0.25) is 0 Å². The number of hydrogen-bond donors (Lipinski definition) is 0. The van der Waals surface area contributed by atoms with Gasteiger partial charge in [0.05, 0.1) is 5.75 Å². The van der Waals surface area contributed by atoms with Crippen molar-refractivity contribution >= 4 is 19.7 Å². The molecule has 0 saturated heterocycles. The van der Waals surface area contributed by atoms with Gasteiger partial charge in [-0.15, -0.1) is 0 Å². The molecule has 19 heavy (non-hydrogen) atoms. The summed E-state index contributed by atoms with van der Waals surface area (Å²) in [5, 5.41) is 0. The molecule has 0 heterocycles. The number of aryl methyl sites for hydroxylation is 1. The zero-order valence-corrected chi connectivity index (χ0v) is 12.6. The molecule has 0 aromatic heterocycles. The van der Waals surface area contributed by atoms with Crippen molar-refractivity contribution in [2.24, 2.45) is 0 Å². The molecule has 0 spiro atoms. The Balaban J connectivity index is 1.89. The minimum Gasteiger partial charge on any atom is -0.381 e. The van der Waals surface area contributed by atoms with Gasteiger partial charge in [0.25, 0.3) is 0 Å². The van der Waals surface area contributed by atoms with E-state index in [4.69, 9.17) is 15.4 Å². The van der Waals surface area contributed by atoms with Gasteiger partial charge in [0, 0.05) is 23.9 Å². The van der Waals surface area contributed by atoms with Crippen molar-refractivity contribution < 1.29 is 13.2 Å². The normalized spacial score (nSPS) is 11.6. The quantitative estimate of drug-likeness (QED) is 0.491. The molecule has 0 atom stereocenters. The van der Waals surface area contributed by atoms with Crippen LogP contribution in [0, 0.1) is 0 Å². The highest BCUT2D eigenvalue weighted by Crippen LogP contribution is 2.05. The molecular weight excluding hydrogens is 284 g/mol. The fourth-order valence-corrected chi connectivity index (χ4v) is 2.66. The minimum absolute atomic E-state index is 0.0581. The lowest BCUT2D eigenvalue weighted by molar-refractivity contribution is 0.128.